The molecular weight excluding hydrogens is 208 g/mol. The van der Waals surface area contributed by atoms with E-state index in [0.29, 0.717) is 5.92 Å². The van der Waals surface area contributed by atoms with Crippen molar-refractivity contribution in [1.82, 2.24) is 0 Å². The first-order chi connectivity index (χ1) is 7.66. The fraction of sp³-hybridized carbons (Fsp3) is 0.625. The van der Waals surface area contributed by atoms with Crippen molar-refractivity contribution in [3.8, 4) is 5.75 Å². The number of methoxy groups -OCH3 is 1. The molecule has 0 aromatic heterocycles. The summed E-state index contributed by atoms with van der Waals surface area (Å²) in [6, 6.07) is 8.50. The van der Waals surface area contributed by atoms with Gasteiger partial charge in [0.15, 0.2) is 0 Å². The molecule has 0 aliphatic rings. The van der Waals surface area contributed by atoms with Gasteiger partial charge in [0.05, 0.1) is 7.11 Å². The zero-order valence-electron chi connectivity index (χ0n) is 12.3. The largest absolute Gasteiger partial charge is 0.497 e. The molecule has 1 aromatic carbocycles. The number of hydrogen-bond donors (Lipinski definition) is 0. The van der Waals surface area contributed by atoms with Crippen molar-refractivity contribution < 1.29 is 4.74 Å². The summed E-state index contributed by atoms with van der Waals surface area (Å²) in [6.07, 6.45) is 0. The Hall–Kier alpha value is -0.980. The van der Waals surface area contributed by atoms with Crippen molar-refractivity contribution in [3.63, 3.8) is 0 Å². The van der Waals surface area contributed by atoms with Crippen LogP contribution in [0.5, 0.6) is 5.75 Å². The molecule has 0 radical (unpaired) electrons. The molecule has 0 unspecified atom stereocenters. The summed E-state index contributed by atoms with van der Waals surface area (Å²) in [6.45, 7) is 13.9. The van der Waals surface area contributed by atoms with Crippen LogP contribution in [0.3, 0.4) is 0 Å². The molecular formula is C16H26O. The summed E-state index contributed by atoms with van der Waals surface area (Å²) in [5.74, 6) is 1.45. The lowest BCUT2D eigenvalue weighted by molar-refractivity contribution is 0.176. The van der Waals surface area contributed by atoms with Gasteiger partial charge in [0.25, 0.3) is 0 Å². The van der Waals surface area contributed by atoms with Crippen LogP contribution in [0, 0.1) is 10.8 Å². The summed E-state index contributed by atoms with van der Waals surface area (Å²) in [5.41, 5.74) is 1.91. The third kappa shape index (κ3) is 3.49. The Morgan fingerprint density at radius 1 is 0.824 bits per heavy atom. The molecule has 0 aliphatic carbocycles. The Morgan fingerprint density at radius 3 is 1.53 bits per heavy atom. The molecule has 0 fully saturated rings. The van der Waals surface area contributed by atoms with Crippen LogP contribution >= 0.6 is 0 Å². The Labute approximate surface area is 106 Å². The minimum Gasteiger partial charge on any atom is -0.497 e. The lowest BCUT2D eigenvalue weighted by atomic mass is 9.64. The van der Waals surface area contributed by atoms with Gasteiger partial charge in [0.1, 0.15) is 5.75 Å². The van der Waals surface area contributed by atoms with E-state index >= 15 is 0 Å². The van der Waals surface area contributed by atoms with Crippen LogP contribution in [0.15, 0.2) is 24.3 Å². The molecule has 0 saturated carbocycles. The molecule has 1 aromatic rings. The fourth-order valence-corrected chi connectivity index (χ4v) is 3.10. The highest BCUT2D eigenvalue weighted by molar-refractivity contribution is 5.31. The van der Waals surface area contributed by atoms with E-state index in [1.165, 1.54) is 5.56 Å². The topological polar surface area (TPSA) is 9.23 Å². The Morgan fingerprint density at radius 2 is 1.24 bits per heavy atom. The normalized spacial score (nSPS) is 12.9. The molecule has 1 heteroatoms. The van der Waals surface area contributed by atoms with Gasteiger partial charge in [-0.1, -0.05) is 53.7 Å². The van der Waals surface area contributed by atoms with Crippen molar-refractivity contribution >= 4 is 0 Å². The lowest BCUT2D eigenvalue weighted by Gasteiger charge is -2.41. The van der Waals surface area contributed by atoms with Crippen LogP contribution in [-0.4, -0.2) is 7.11 Å². The summed E-state index contributed by atoms with van der Waals surface area (Å²) < 4.78 is 5.22. The van der Waals surface area contributed by atoms with Crippen molar-refractivity contribution in [2.75, 3.05) is 7.11 Å². The zero-order valence-corrected chi connectivity index (χ0v) is 12.3. The monoisotopic (exact) mass is 234 g/mol. The van der Waals surface area contributed by atoms with E-state index in [4.69, 9.17) is 4.74 Å². The second-order valence-electron chi connectivity index (χ2n) is 6.94. The van der Waals surface area contributed by atoms with E-state index in [0.717, 1.165) is 5.75 Å². The van der Waals surface area contributed by atoms with Crippen LogP contribution in [0.4, 0.5) is 0 Å². The number of benzene rings is 1. The van der Waals surface area contributed by atoms with Crippen molar-refractivity contribution in [3.05, 3.63) is 29.8 Å². The molecule has 0 saturated heterocycles. The maximum absolute atomic E-state index is 5.22. The molecule has 1 rings (SSSR count). The van der Waals surface area contributed by atoms with E-state index in [-0.39, 0.29) is 10.8 Å². The maximum Gasteiger partial charge on any atom is 0.118 e. The van der Waals surface area contributed by atoms with Crippen LogP contribution in [-0.2, 0) is 0 Å². The molecule has 0 N–H and O–H groups in total. The molecule has 17 heavy (non-hydrogen) atoms. The van der Waals surface area contributed by atoms with Gasteiger partial charge >= 0.3 is 0 Å². The summed E-state index contributed by atoms with van der Waals surface area (Å²) in [5, 5.41) is 0. The third-order valence-electron chi connectivity index (χ3n) is 3.18. The van der Waals surface area contributed by atoms with Crippen molar-refractivity contribution in [1.29, 1.82) is 0 Å². The fourth-order valence-electron chi connectivity index (χ4n) is 3.10. The minimum absolute atomic E-state index is 0.257. The SMILES string of the molecule is COc1ccc(C(C(C)(C)C)C(C)(C)C)cc1. The molecule has 0 aliphatic heterocycles. The highest BCUT2D eigenvalue weighted by Crippen LogP contribution is 2.47. The summed E-state index contributed by atoms with van der Waals surface area (Å²) >= 11 is 0. The van der Waals surface area contributed by atoms with Gasteiger partial charge in [-0.05, 0) is 34.4 Å². The van der Waals surface area contributed by atoms with Gasteiger partial charge in [-0.2, -0.15) is 0 Å². The van der Waals surface area contributed by atoms with Crippen LogP contribution in [0.2, 0.25) is 0 Å². The van der Waals surface area contributed by atoms with Crippen LogP contribution < -0.4 is 4.74 Å². The molecule has 0 bridgehead atoms. The second kappa shape index (κ2) is 4.72. The molecule has 1 nitrogen and oxygen atoms in total. The average Bonchev–Trinajstić information content (AvgIpc) is 2.14. The Balaban J connectivity index is 3.14. The zero-order chi connectivity index (χ0) is 13.3. The smallest absolute Gasteiger partial charge is 0.118 e. The molecule has 0 amide bonds. The van der Waals surface area contributed by atoms with E-state index in [9.17, 15) is 0 Å². The highest BCUT2D eigenvalue weighted by Gasteiger charge is 2.35. The first-order valence-corrected chi connectivity index (χ1v) is 6.30. The minimum atomic E-state index is 0.257. The van der Waals surface area contributed by atoms with Crippen LogP contribution in [0.1, 0.15) is 53.0 Å². The highest BCUT2D eigenvalue weighted by atomic mass is 16.5. The average molecular weight is 234 g/mol. The van der Waals surface area contributed by atoms with Gasteiger partial charge in [0, 0.05) is 0 Å². The Bertz CT molecular complexity index is 335. The standard InChI is InChI=1S/C16H26O/c1-15(2,3)14(16(4,5)6)12-8-10-13(17-7)11-9-12/h8-11,14H,1-7H3. The van der Waals surface area contributed by atoms with Gasteiger partial charge in [-0.15, -0.1) is 0 Å². The maximum atomic E-state index is 5.22. The number of ether oxygens (including phenoxy) is 1. The van der Waals surface area contributed by atoms with E-state index in [1.54, 1.807) is 7.11 Å². The third-order valence-corrected chi connectivity index (χ3v) is 3.18. The van der Waals surface area contributed by atoms with Crippen molar-refractivity contribution in [2.45, 2.75) is 47.5 Å². The molecule has 0 heterocycles. The van der Waals surface area contributed by atoms with Gasteiger partial charge in [-0.3, -0.25) is 0 Å². The molecule has 96 valence electrons. The molecule has 0 atom stereocenters. The Kier molecular flexibility index (Phi) is 3.91. The predicted octanol–water partition coefficient (Wildman–Crippen LogP) is 4.87. The van der Waals surface area contributed by atoms with Gasteiger partial charge in [0.2, 0.25) is 0 Å². The van der Waals surface area contributed by atoms with Crippen molar-refractivity contribution in [2.24, 2.45) is 10.8 Å². The molecule has 0 spiro atoms. The van der Waals surface area contributed by atoms with E-state index in [2.05, 4.69) is 65.8 Å². The first kappa shape index (κ1) is 14.1. The summed E-state index contributed by atoms with van der Waals surface area (Å²) in [7, 11) is 1.71. The van der Waals surface area contributed by atoms with Gasteiger partial charge < -0.3 is 4.74 Å². The van der Waals surface area contributed by atoms with E-state index in [1.807, 2.05) is 0 Å². The quantitative estimate of drug-likeness (QED) is 0.709. The lowest BCUT2D eigenvalue weighted by Crippen LogP contribution is -2.30. The van der Waals surface area contributed by atoms with Crippen LogP contribution in [0.25, 0.3) is 0 Å². The second-order valence-corrected chi connectivity index (χ2v) is 6.94. The first-order valence-electron chi connectivity index (χ1n) is 6.30. The number of hydrogen-bond acceptors (Lipinski definition) is 1. The number of rotatable bonds is 2. The van der Waals surface area contributed by atoms with Gasteiger partial charge in [-0.25, -0.2) is 0 Å². The predicted molar refractivity (Wildman–Crippen MR) is 74.6 cm³/mol. The van der Waals surface area contributed by atoms with E-state index < -0.39 is 0 Å². The summed E-state index contributed by atoms with van der Waals surface area (Å²) in [4.78, 5) is 0.